The van der Waals surface area contributed by atoms with Crippen LogP contribution in [0.5, 0.6) is 11.5 Å². The number of halogens is 1. The first-order chi connectivity index (χ1) is 8.08. The molecular weight excluding hydrogens is 229 g/mol. The van der Waals surface area contributed by atoms with Crippen molar-refractivity contribution in [3.63, 3.8) is 0 Å². The molecule has 17 heavy (non-hydrogen) atoms. The molecule has 0 amide bonds. The summed E-state index contributed by atoms with van der Waals surface area (Å²) in [6.45, 7) is 0. The van der Waals surface area contributed by atoms with E-state index in [-0.39, 0.29) is 5.75 Å². The summed E-state index contributed by atoms with van der Waals surface area (Å²) in [5, 5.41) is 14.5. The van der Waals surface area contributed by atoms with Crippen molar-refractivity contribution in [2.75, 3.05) is 0 Å². The molecule has 0 fully saturated rings. The first kappa shape index (κ1) is 11.1. The van der Waals surface area contributed by atoms with E-state index in [9.17, 15) is 14.5 Å². The monoisotopic (exact) mass is 237 g/mol. The Bertz CT molecular complexity index is 568. The quantitative estimate of drug-likeness (QED) is 0.606. The third-order valence-electron chi connectivity index (χ3n) is 2.04. The van der Waals surface area contributed by atoms with Gasteiger partial charge in [-0.1, -0.05) is 6.07 Å². The summed E-state index contributed by atoms with van der Waals surface area (Å²) in [6.07, 6.45) is 2.91. The third-order valence-corrected chi connectivity index (χ3v) is 2.04. The smallest absolute Gasteiger partial charge is 0.346 e. The molecule has 0 unspecified atom stereocenters. The molecule has 0 saturated carbocycles. The van der Waals surface area contributed by atoms with Crippen LogP contribution in [0.4, 0.5) is 10.1 Å². The lowest BCUT2D eigenvalue weighted by atomic mass is 10.3. The Morgan fingerprint density at radius 1 is 1.53 bits per heavy atom. The molecule has 0 bridgehead atoms. The Hall–Kier alpha value is -2.44. The van der Waals surface area contributed by atoms with Gasteiger partial charge in [0.1, 0.15) is 0 Å². The highest BCUT2D eigenvalue weighted by molar-refractivity contribution is 5.48. The fraction of sp³-hybridized carbons (Fsp3) is 0.100. The van der Waals surface area contributed by atoms with Gasteiger partial charge in [0.15, 0.2) is 5.75 Å². The van der Waals surface area contributed by atoms with Crippen molar-refractivity contribution in [3.8, 4) is 11.5 Å². The highest BCUT2D eigenvalue weighted by Gasteiger charge is 2.21. The van der Waals surface area contributed by atoms with Crippen LogP contribution in [-0.4, -0.2) is 14.7 Å². The maximum atomic E-state index is 13.3. The molecule has 1 aromatic heterocycles. The van der Waals surface area contributed by atoms with E-state index in [0.717, 1.165) is 6.07 Å². The second-order valence-corrected chi connectivity index (χ2v) is 3.30. The first-order valence-corrected chi connectivity index (χ1v) is 4.67. The number of nitro groups is 1. The maximum absolute atomic E-state index is 13.3. The average molecular weight is 237 g/mol. The highest BCUT2D eigenvalue weighted by atomic mass is 19.1. The van der Waals surface area contributed by atoms with Crippen molar-refractivity contribution in [2.45, 2.75) is 0 Å². The van der Waals surface area contributed by atoms with Gasteiger partial charge in [-0.3, -0.25) is 14.8 Å². The van der Waals surface area contributed by atoms with Crippen LogP contribution in [-0.2, 0) is 7.05 Å². The second kappa shape index (κ2) is 4.20. The summed E-state index contributed by atoms with van der Waals surface area (Å²) in [4.78, 5) is 9.88. The van der Waals surface area contributed by atoms with Gasteiger partial charge in [-0.15, -0.1) is 0 Å². The van der Waals surface area contributed by atoms with E-state index in [0.29, 0.717) is 5.75 Å². The van der Waals surface area contributed by atoms with E-state index in [1.54, 1.807) is 7.05 Å². The Balaban J connectivity index is 2.39. The zero-order valence-corrected chi connectivity index (χ0v) is 8.83. The number of ether oxygens (including phenoxy) is 1. The molecule has 0 radical (unpaired) electrons. The van der Waals surface area contributed by atoms with Crippen LogP contribution in [0.25, 0.3) is 0 Å². The van der Waals surface area contributed by atoms with Crippen molar-refractivity contribution in [1.29, 1.82) is 0 Å². The van der Waals surface area contributed by atoms with Crippen LogP contribution in [0, 0.1) is 15.9 Å². The Labute approximate surface area is 95.4 Å². The van der Waals surface area contributed by atoms with Crippen LogP contribution in [0.15, 0.2) is 30.6 Å². The zero-order valence-electron chi connectivity index (χ0n) is 8.83. The molecule has 0 N–H and O–H groups in total. The predicted octanol–water partition coefficient (Wildman–Crippen LogP) is 2.26. The minimum absolute atomic E-state index is 0.150. The normalized spacial score (nSPS) is 10.2. The first-order valence-electron chi connectivity index (χ1n) is 4.67. The van der Waals surface area contributed by atoms with Gasteiger partial charge in [0.25, 0.3) is 0 Å². The number of nitrogens with zero attached hydrogens (tertiary/aromatic N) is 3. The van der Waals surface area contributed by atoms with Crippen LogP contribution in [0.1, 0.15) is 0 Å². The fourth-order valence-corrected chi connectivity index (χ4v) is 1.33. The minimum atomic E-state index is -0.934. The van der Waals surface area contributed by atoms with E-state index < -0.39 is 16.4 Å². The fourth-order valence-electron chi connectivity index (χ4n) is 1.33. The zero-order chi connectivity index (χ0) is 12.4. The summed E-state index contributed by atoms with van der Waals surface area (Å²) < 4.78 is 19.9. The average Bonchev–Trinajstić information content (AvgIpc) is 2.63. The number of aryl methyl sites for hydroxylation is 1. The number of rotatable bonds is 3. The van der Waals surface area contributed by atoms with Crippen molar-refractivity contribution >= 4 is 5.69 Å². The molecule has 1 aromatic carbocycles. The van der Waals surface area contributed by atoms with E-state index in [4.69, 9.17) is 4.74 Å². The number of para-hydroxylation sites is 1. The van der Waals surface area contributed by atoms with Gasteiger partial charge >= 0.3 is 5.69 Å². The highest BCUT2D eigenvalue weighted by Crippen LogP contribution is 2.32. The SMILES string of the molecule is Cn1cc(Oc2cccc(F)c2[N+](=O)[O-])cn1. The van der Waals surface area contributed by atoms with Crippen LogP contribution in [0.3, 0.4) is 0 Å². The summed E-state index contributed by atoms with van der Waals surface area (Å²) in [7, 11) is 1.67. The van der Waals surface area contributed by atoms with Gasteiger partial charge < -0.3 is 4.74 Å². The van der Waals surface area contributed by atoms with Crippen molar-refractivity contribution < 1.29 is 14.1 Å². The Morgan fingerprint density at radius 2 is 2.29 bits per heavy atom. The number of aromatic nitrogens is 2. The van der Waals surface area contributed by atoms with E-state index in [1.165, 1.54) is 29.2 Å². The van der Waals surface area contributed by atoms with Crippen LogP contribution >= 0.6 is 0 Å². The van der Waals surface area contributed by atoms with Crippen molar-refractivity contribution in [1.82, 2.24) is 9.78 Å². The molecule has 0 aliphatic carbocycles. The van der Waals surface area contributed by atoms with E-state index in [1.807, 2.05) is 0 Å². The topological polar surface area (TPSA) is 70.2 Å². The van der Waals surface area contributed by atoms with Gasteiger partial charge in [-0.2, -0.15) is 9.49 Å². The van der Waals surface area contributed by atoms with E-state index in [2.05, 4.69) is 5.10 Å². The molecule has 7 heteroatoms. The van der Waals surface area contributed by atoms with Gasteiger partial charge in [-0.05, 0) is 12.1 Å². The van der Waals surface area contributed by atoms with Crippen LogP contribution in [0.2, 0.25) is 0 Å². The Kier molecular flexibility index (Phi) is 2.73. The number of hydrogen-bond acceptors (Lipinski definition) is 4. The van der Waals surface area contributed by atoms with Crippen molar-refractivity contribution in [2.24, 2.45) is 7.05 Å². The van der Waals surface area contributed by atoms with Gasteiger partial charge in [0.2, 0.25) is 11.6 Å². The lowest BCUT2D eigenvalue weighted by molar-refractivity contribution is -0.388. The number of nitro benzene ring substituents is 1. The lowest BCUT2D eigenvalue weighted by Gasteiger charge is -2.03. The summed E-state index contributed by atoms with van der Waals surface area (Å²) in [6, 6.07) is 3.68. The Morgan fingerprint density at radius 3 is 2.88 bits per heavy atom. The summed E-state index contributed by atoms with van der Waals surface area (Å²) in [5.74, 6) is -0.777. The molecule has 6 nitrogen and oxygen atoms in total. The molecule has 2 aromatic rings. The minimum Gasteiger partial charge on any atom is -0.447 e. The predicted molar refractivity (Wildman–Crippen MR) is 56.3 cm³/mol. The number of benzene rings is 1. The van der Waals surface area contributed by atoms with Crippen LogP contribution < -0.4 is 4.74 Å². The standard InChI is InChI=1S/C10H8FN3O3/c1-13-6-7(5-12-13)17-9-4-2-3-8(11)10(9)14(15)16/h2-6H,1H3. The van der Waals surface area contributed by atoms with Gasteiger partial charge in [0.05, 0.1) is 17.3 Å². The molecule has 0 atom stereocenters. The van der Waals surface area contributed by atoms with Crippen molar-refractivity contribution in [3.05, 3.63) is 46.5 Å². The lowest BCUT2D eigenvalue weighted by Crippen LogP contribution is -1.96. The molecule has 0 aliphatic heterocycles. The maximum Gasteiger partial charge on any atom is 0.346 e. The van der Waals surface area contributed by atoms with E-state index >= 15 is 0 Å². The molecule has 2 rings (SSSR count). The number of hydrogen-bond donors (Lipinski definition) is 0. The summed E-state index contributed by atoms with van der Waals surface area (Å²) >= 11 is 0. The molecular formula is C10H8FN3O3. The largest absolute Gasteiger partial charge is 0.447 e. The second-order valence-electron chi connectivity index (χ2n) is 3.30. The van der Waals surface area contributed by atoms with Gasteiger partial charge in [0, 0.05) is 7.05 Å². The molecule has 0 spiro atoms. The molecule has 88 valence electrons. The van der Waals surface area contributed by atoms with Gasteiger partial charge in [-0.25, -0.2) is 0 Å². The summed E-state index contributed by atoms with van der Waals surface area (Å²) in [5.41, 5.74) is -0.684. The molecule has 1 heterocycles. The molecule has 0 saturated heterocycles. The molecule has 0 aliphatic rings. The third kappa shape index (κ3) is 2.22.